The summed E-state index contributed by atoms with van der Waals surface area (Å²) in [7, 11) is 0. The summed E-state index contributed by atoms with van der Waals surface area (Å²) in [5, 5.41) is 17.0. The molecule has 6 nitrogen and oxygen atoms in total. The Morgan fingerprint density at radius 2 is 2.00 bits per heavy atom. The van der Waals surface area contributed by atoms with Crippen LogP contribution in [0.25, 0.3) is 0 Å². The normalized spacial score (nSPS) is 10.2. The minimum absolute atomic E-state index is 0.0511. The molecule has 0 fully saturated rings. The number of H-pyrrole nitrogens is 1. The van der Waals surface area contributed by atoms with Crippen molar-refractivity contribution in [3.63, 3.8) is 0 Å². The summed E-state index contributed by atoms with van der Waals surface area (Å²) in [5.41, 5.74) is 0.532. The molecule has 0 aliphatic carbocycles. The van der Waals surface area contributed by atoms with Gasteiger partial charge in [0.05, 0.1) is 6.42 Å². The van der Waals surface area contributed by atoms with Crippen molar-refractivity contribution in [3.05, 3.63) is 47.4 Å². The average molecular weight is 263 g/mol. The molecule has 0 aliphatic rings. The van der Waals surface area contributed by atoms with E-state index in [4.69, 9.17) is 5.11 Å². The predicted octanol–water partition coefficient (Wildman–Crippen LogP) is 1.43. The number of nitrogens with zero attached hydrogens (tertiary/aromatic N) is 1. The van der Waals surface area contributed by atoms with Gasteiger partial charge in [0, 0.05) is 6.07 Å². The number of hydrogen-bond acceptors (Lipinski definition) is 3. The van der Waals surface area contributed by atoms with E-state index in [9.17, 15) is 14.0 Å². The van der Waals surface area contributed by atoms with Gasteiger partial charge in [0.15, 0.2) is 5.82 Å². The maximum atomic E-state index is 12.7. The zero-order valence-electron chi connectivity index (χ0n) is 9.68. The minimum Gasteiger partial charge on any atom is -0.477 e. The Balaban J connectivity index is 1.97. The molecule has 0 saturated heterocycles. The smallest absolute Gasteiger partial charge is 0.353 e. The van der Waals surface area contributed by atoms with Crippen molar-refractivity contribution in [3.8, 4) is 0 Å². The van der Waals surface area contributed by atoms with Crippen molar-refractivity contribution in [1.29, 1.82) is 0 Å². The number of benzene rings is 1. The summed E-state index contributed by atoms with van der Waals surface area (Å²) < 4.78 is 12.7. The van der Waals surface area contributed by atoms with Crippen molar-refractivity contribution in [2.45, 2.75) is 6.42 Å². The van der Waals surface area contributed by atoms with Gasteiger partial charge in [0.2, 0.25) is 5.91 Å². The number of carboxylic acid groups (broad SMARTS) is 1. The third kappa shape index (κ3) is 3.38. The van der Waals surface area contributed by atoms with Crippen LogP contribution in [-0.2, 0) is 11.2 Å². The summed E-state index contributed by atoms with van der Waals surface area (Å²) in [6, 6.07) is 6.74. The fourth-order valence-electron chi connectivity index (χ4n) is 1.47. The lowest BCUT2D eigenvalue weighted by Gasteiger charge is -2.01. The second-order valence-electron chi connectivity index (χ2n) is 3.82. The minimum atomic E-state index is -1.16. The average Bonchev–Trinajstić information content (AvgIpc) is 2.80. The lowest BCUT2D eigenvalue weighted by atomic mass is 10.1. The SMILES string of the molecule is O=C(Cc1ccc(F)cc1)Nc1cc(C(=O)O)[nH]n1. The van der Waals surface area contributed by atoms with E-state index in [0.717, 1.165) is 0 Å². The number of anilines is 1. The van der Waals surface area contributed by atoms with Gasteiger partial charge in [-0.1, -0.05) is 12.1 Å². The van der Waals surface area contributed by atoms with Crippen LogP contribution in [0.1, 0.15) is 16.1 Å². The predicted molar refractivity (Wildman–Crippen MR) is 64.3 cm³/mol. The van der Waals surface area contributed by atoms with Crippen LogP contribution >= 0.6 is 0 Å². The van der Waals surface area contributed by atoms with Crippen LogP contribution in [0.3, 0.4) is 0 Å². The van der Waals surface area contributed by atoms with E-state index in [-0.39, 0.29) is 29.7 Å². The van der Waals surface area contributed by atoms with E-state index in [1.165, 1.54) is 30.3 Å². The van der Waals surface area contributed by atoms with Gasteiger partial charge in [-0.3, -0.25) is 9.89 Å². The summed E-state index contributed by atoms with van der Waals surface area (Å²) in [6.45, 7) is 0. The Bertz CT molecular complexity index is 607. The number of halogens is 1. The fraction of sp³-hybridized carbons (Fsp3) is 0.0833. The van der Waals surface area contributed by atoms with E-state index in [1.54, 1.807) is 0 Å². The van der Waals surface area contributed by atoms with Gasteiger partial charge in [0.1, 0.15) is 11.5 Å². The van der Waals surface area contributed by atoms with Crippen molar-refractivity contribution in [1.82, 2.24) is 10.2 Å². The zero-order valence-corrected chi connectivity index (χ0v) is 9.68. The highest BCUT2D eigenvalue weighted by Crippen LogP contribution is 2.08. The molecule has 3 N–H and O–H groups in total. The van der Waals surface area contributed by atoms with Crippen LogP contribution in [0.15, 0.2) is 30.3 Å². The second kappa shape index (κ2) is 5.30. The molecule has 1 heterocycles. The van der Waals surface area contributed by atoms with Crippen molar-refractivity contribution in [2.24, 2.45) is 0 Å². The molecule has 1 aromatic heterocycles. The van der Waals surface area contributed by atoms with Crippen LogP contribution in [0.2, 0.25) is 0 Å². The van der Waals surface area contributed by atoms with Gasteiger partial charge >= 0.3 is 5.97 Å². The maximum absolute atomic E-state index is 12.7. The van der Waals surface area contributed by atoms with Gasteiger partial charge in [-0.2, -0.15) is 5.10 Å². The highest BCUT2D eigenvalue weighted by molar-refractivity contribution is 5.93. The topological polar surface area (TPSA) is 95.1 Å². The third-order valence-corrected chi connectivity index (χ3v) is 2.35. The van der Waals surface area contributed by atoms with Crippen LogP contribution in [0.5, 0.6) is 0 Å². The van der Waals surface area contributed by atoms with Gasteiger partial charge < -0.3 is 10.4 Å². The number of carbonyl (C=O) groups excluding carboxylic acids is 1. The number of aromatic carboxylic acids is 1. The highest BCUT2D eigenvalue weighted by atomic mass is 19.1. The third-order valence-electron chi connectivity index (χ3n) is 2.35. The largest absolute Gasteiger partial charge is 0.477 e. The van der Waals surface area contributed by atoms with Gasteiger partial charge in [-0.05, 0) is 17.7 Å². The Morgan fingerprint density at radius 1 is 1.32 bits per heavy atom. The molecule has 2 aromatic rings. The summed E-state index contributed by atoms with van der Waals surface area (Å²) in [5.74, 6) is -1.77. The molecule has 0 atom stereocenters. The summed E-state index contributed by atoms with van der Waals surface area (Å²) in [4.78, 5) is 22.2. The van der Waals surface area contributed by atoms with Crippen LogP contribution in [0, 0.1) is 5.82 Å². The second-order valence-corrected chi connectivity index (χ2v) is 3.82. The van der Waals surface area contributed by atoms with E-state index in [2.05, 4.69) is 15.5 Å². The number of aromatic amines is 1. The number of carboxylic acids is 1. The van der Waals surface area contributed by atoms with E-state index in [1.807, 2.05) is 0 Å². The molecule has 0 aliphatic heterocycles. The number of nitrogens with one attached hydrogen (secondary N) is 2. The van der Waals surface area contributed by atoms with Crippen LogP contribution in [-0.4, -0.2) is 27.2 Å². The van der Waals surface area contributed by atoms with Crippen molar-refractivity contribution >= 4 is 17.7 Å². The molecule has 19 heavy (non-hydrogen) atoms. The van der Waals surface area contributed by atoms with Crippen LogP contribution < -0.4 is 5.32 Å². The molecule has 0 unspecified atom stereocenters. The van der Waals surface area contributed by atoms with Gasteiger partial charge in [0.25, 0.3) is 0 Å². The monoisotopic (exact) mass is 263 g/mol. The molecule has 2 rings (SSSR count). The molecule has 7 heteroatoms. The zero-order chi connectivity index (χ0) is 13.8. The molecule has 0 radical (unpaired) electrons. The Kier molecular flexibility index (Phi) is 3.56. The first-order valence-electron chi connectivity index (χ1n) is 5.37. The van der Waals surface area contributed by atoms with E-state index < -0.39 is 5.97 Å². The number of rotatable bonds is 4. The Hall–Kier alpha value is -2.70. The first kappa shape index (κ1) is 12.7. The van der Waals surface area contributed by atoms with E-state index in [0.29, 0.717) is 5.56 Å². The molecular formula is C12H10FN3O3. The van der Waals surface area contributed by atoms with E-state index >= 15 is 0 Å². The maximum Gasteiger partial charge on any atom is 0.353 e. The highest BCUT2D eigenvalue weighted by Gasteiger charge is 2.10. The lowest BCUT2D eigenvalue weighted by Crippen LogP contribution is -2.14. The number of aromatic nitrogens is 2. The molecule has 98 valence electrons. The summed E-state index contributed by atoms with van der Waals surface area (Å²) >= 11 is 0. The molecule has 1 aromatic carbocycles. The molecule has 0 bridgehead atoms. The standard InChI is InChI=1S/C12H10FN3O3/c13-8-3-1-7(2-4-8)5-11(17)14-10-6-9(12(18)19)15-16-10/h1-4,6H,5H2,(H,18,19)(H2,14,15,16,17). The summed E-state index contributed by atoms with van der Waals surface area (Å²) in [6.07, 6.45) is 0.0511. The molecule has 1 amide bonds. The first-order chi connectivity index (χ1) is 9.04. The lowest BCUT2D eigenvalue weighted by molar-refractivity contribution is -0.115. The van der Waals surface area contributed by atoms with Crippen LogP contribution in [0.4, 0.5) is 10.2 Å². The van der Waals surface area contributed by atoms with Crippen molar-refractivity contribution in [2.75, 3.05) is 5.32 Å². The van der Waals surface area contributed by atoms with Crippen molar-refractivity contribution < 1.29 is 19.1 Å². The fourth-order valence-corrected chi connectivity index (χ4v) is 1.47. The van der Waals surface area contributed by atoms with Gasteiger partial charge in [-0.25, -0.2) is 9.18 Å². The number of carbonyl (C=O) groups is 2. The number of amides is 1. The molecule has 0 spiro atoms. The Morgan fingerprint density at radius 3 is 2.58 bits per heavy atom. The molecular weight excluding hydrogens is 253 g/mol. The number of hydrogen-bond donors (Lipinski definition) is 3. The Labute approximate surface area is 107 Å². The molecule has 0 saturated carbocycles. The first-order valence-corrected chi connectivity index (χ1v) is 5.37. The van der Waals surface area contributed by atoms with Gasteiger partial charge in [-0.15, -0.1) is 0 Å². The quantitative estimate of drug-likeness (QED) is 0.777.